The standard InChI is InChI=1S/C13H13F5N4/c1-22-6-9(11(14)15)7(3-19)2-10(22)8-4-20-12(21-5-8)13(16,17)18/h2,4-5,11H,3,6,19H2,1H3. The average molecular weight is 320 g/mol. The highest BCUT2D eigenvalue weighted by molar-refractivity contribution is 5.68. The third kappa shape index (κ3) is 3.24. The Labute approximate surface area is 123 Å². The quantitative estimate of drug-likeness (QED) is 0.868. The fourth-order valence-corrected chi connectivity index (χ4v) is 2.12. The number of hydrogen-bond acceptors (Lipinski definition) is 4. The second-order valence-corrected chi connectivity index (χ2v) is 4.73. The Morgan fingerprint density at radius 1 is 1.27 bits per heavy atom. The second-order valence-electron chi connectivity index (χ2n) is 4.73. The summed E-state index contributed by atoms with van der Waals surface area (Å²) in [6.07, 6.45) is -3.81. The summed E-state index contributed by atoms with van der Waals surface area (Å²) in [6, 6.07) is 0. The molecule has 0 aliphatic carbocycles. The lowest BCUT2D eigenvalue weighted by molar-refractivity contribution is -0.145. The van der Waals surface area contributed by atoms with E-state index in [9.17, 15) is 22.0 Å². The van der Waals surface area contributed by atoms with Crippen LogP contribution in [0.4, 0.5) is 22.0 Å². The smallest absolute Gasteiger partial charge is 0.370 e. The molecule has 0 radical (unpaired) electrons. The van der Waals surface area contributed by atoms with E-state index in [1.807, 2.05) is 0 Å². The van der Waals surface area contributed by atoms with Crippen LogP contribution in [-0.2, 0) is 6.18 Å². The SMILES string of the molecule is CN1CC(C(F)F)=C(CN)C=C1c1cnc(C(F)(F)F)nc1. The van der Waals surface area contributed by atoms with Gasteiger partial charge in [-0.15, -0.1) is 0 Å². The van der Waals surface area contributed by atoms with Crippen molar-refractivity contribution in [3.05, 3.63) is 41.0 Å². The van der Waals surface area contributed by atoms with Crippen molar-refractivity contribution in [2.75, 3.05) is 20.1 Å². The molecule has 1 aliphatic rings. The molecule has 1 aliphatic heterocycles. The summed E-state index contributed by atoms with van der Waals surface area (Å²) in [5.74, 6) is -1.25. The van der Waals surface area contributed by atoms with E-state index in [4.69, 9.17) is 5.73 Å². The van der Waals surface area contributed by atoms with E-state index >= 15 is 0 Å². The maximum absolute atomic E-state index is 12.9. The Balaban J connectivity index is 2.39. The van der Waals surface area contributed by atoms with E-state index in [0.717, 1.165) is 12.4 Å². The van der Waals surface area contributed by atoms with E-state index in [0.29, 0.717) is 11.3 Å². The van der Waals surface area contributed by atoms with Crippen molar-refractivity contribution in [1.82, 2.24) is 14.9 Å². The van der Waals surface area contributed by atoms with Crippen LogP contribution in [0.1, 0.15) is 11.4 Å². The molecule has 0 atom stereocenters. The minimum atomic E-state index is -4.63. The summed E-state index contributed by atoms with van der Waals surface area (Å²) < 4.78 is 63.2. The molecule has 0 fully saturated rings. The van der Waals surface area contributed by atoms with E-state index in [2.05, 4.69) is 9.97 Å². The average Bonchev–Trinajstić information content (AvgIpc) is 2.46. The number of rotatable bonds is 3. The number of halogens is 5. The normalized spacial score (nSPS) is 16.4. The van der Waals surface area contributed by atoms with Crippen molar-refractivity contribution in [1.29, 1.82) is 0 Å². The molecule has 2 heterocycles. The molecular weight excluding hydrogens is 307 g/mol. The van der Waals surface area contributed by atoms with Crippen LogP contribution in [-0.4, -0.2) is 41.4 Å². The zero-order valence-electron chi connectivity index (χ0n) is 11.5. The molecule has 1 aromatic heterocycles. The maximum Gasteiger partial charge on any atom is 0.451 e. The number of likely N-dealkylation sites (N-methyl/N-ethyl adjacent to an activating group) is 1. The molecule has 120 valence electrons. The van der Waals surface area contributed by atoms with Crippen LogP contribution in [0.15, 0.2) is 29.6 Å². The second kappa shape index (κ2) is 5.99. The first-order chi connectivity index (χ1) is 10.2. The molecule has 22 heavy (non-hydrogen) atoms. The molecule has 0 saturated carbocycles. The van der Waals surface area contributed by atoms with Crippen LogP contribution in [0.3, 0.4) is 0 Å². The largest absolute Gasteiger partial charge is 0.451 e. The topological polar surface area (TPSA) is 55.0 Å². The van der Waals surface area contributed by atoms with Crippen molar-refractivity contribution < 1.29 is 22.0 Å². The van der Waals surface area contributed by atoms with Gasteiger partial charge < -0.3 is 10.6 Å². The summed E-state index contributed by atoms with van der Waals surface area (Å²) in [6.45, 7) is -0.143. The number of hydrogen-bond donors (Lipinski definition) is 1. The minimum Gasteiger partial charge on any atom is -0.370 e. The van der Waals surface area contributed by atoms with E-state index < -0.39 is 18.4 Å². The number of aromatic nitrogens is 2. The molecule has 0 bridgehead atoms. The van der Waals surface area contributed by atoms with Gasteiger partial charge in [0.1, 0.15) is 0 Å². The van der Waals surface area contributed by atoms with Gasteiger partial charge in [0.05, 0.1) is 0 Å². The van der Waals surface area contributed by atoms with Gasteiger partial charge in [-0.25, -0.2) is 18.7 Å². The highest BCUT2D eigenvalue weighted by Gasteiger charge is 2.34. The Hall–Kier alpha value is -2.03. The van der Waals surface area contributed by atoms with Crippen molar-refractivity contribution in [2.45, 2.75) is 12.6 Å². The van der Waals surface area contributed by atoms with Crippen molar-refractivity contribution in [3.63, 3.8) is 0 Å². The first-order valence-electron chi connectivity index (χ1n) is 6.26. The summed E-state index contributed by atoms with van der Waals surface area (Å²) in [5.41, 5.74) is 6.38. The van der Waals surface area contributed by atoms with Gasteiger partial charge in [-0.3, -0.25) is 0 Å². The molecule has 0 spiro atoms. The molecule has 0 unspecified atom stereocenters. The number of nitrogens with zero attached hydrogens (tertiary/aromatic N) is 3. The summed E-state index contributed by atoms with van der Waals surface area (Å²) in [5, 5.41) is 0. The molecular formula is C13H13F5N4. The van der Waals surface area contributed by atoms with E-state index in [1.165, 1.54) is 11.0 Å². The monoisotopic (exact) mass is 320 g/mol. The van der Waals surface area contributed by atoms with Gasteiger partial charge >= 0.3 is 6.18 Å². The minimum absolute atomic E-state index is 0.0585. The predicted molar refractivity (Wildman–Crippen MR) is 69.7 cm³/mol. The summed E-state index contributed by atoms with van der Waals surface area (Å²) in [7, 11) is 1.55. The lowest BCUT2D eigenvalue weighted by Gasteiger charge is -2.29. The molecule has 0 amide bonds. The zero-order valence-corrected chi connectivity index (χ0v) is 11.5. The lowest BCUT2D eigenvalue weighted by atomic mass is 10.00. The van der Waals surface area contributed by atoms with Crippen LogP contribution >= 0.6 is 0 Å². The van der Waals surface area contributed by atoms with Crippen LogP contribution < -0.4 is 5.73 Å². The van der Waals surface area contributed by atoms with Gasteiger partial charge in [0.15, 0.2) is 0 Å². The molecule has 0 aromatic carbocycles. The van der Waals surface area contributed by atoms with Gasteiger partial charge in [-0.2, -0.15) is 13.2 Å². The molecule has 2 N–H and O–H groups in total. The summed E-state index contributed by atoms with van der Waals surface area (Å²) in [4.78, 5) is 8.02. The Morgan fingerprint density at radius 2 is 1.86 bits per heavy atom. The number of alkyl halides is 5. The Kier molecular flexibility index (Phi) is 4.45. The Bertz CT molecular complexity index is 604. The Morgan fingerprint density at radius 3 is 2.32 bits per heavy atom. The first kappa shape index (κ1) is 16.3. The molecule has 1 aromatic rings. The zero-order chi connectivity index (χ0) is 16.5. The van der Waals surface area contributed by atoms with Gasteiger partial charge in [-0.1, -0.05) is 0 Å². The molecule has 4 nitrogen and oxygen atoms in total. The highest BCUT2D eigenvalue weighted by atomic mass is 19.4. The van der Waals surface area contributed by atoms with Crippen molar-refractivity contribution >= 4 is 5.70 Å². The van der Waals surface area contributed by atoms with E-state index in [-0.39, 0.29) is 24.2 Å². The predicted octanol–water partition coefficient (Wildman–Crippen LogP) is 2.30. The molecule has 9 heteroatoms. The maximum atomic E-state index is 12.9. The fraction of sp³-hybridized carbons (Fsp3) is 0.385. The van der Waals surface area contributed by atoms with Gasteiger partial charge in [0.2, 0.25) is 5.82 Å². The van der Waals surface area contributed by atoms with Crippen LogP contribution in [0, 0.1) is 0 Å². The number of nitrogens with two attached hydrogens (primary N) is 1. The van der Waals surface area contributed by atoms with E-state index in [1.54, 1.807) is 7.05 Å². The summed E-state index contributed by atoms with van der Waals surface area (Å²) >= 11 is 0. The third-order valence-corrected chi connectivity index (χ3v) is 3.23. The van der Waals surface area contributed by atoms with Crippen molar-refractivity contribution in [2.24, 2.45) is 5.73 Å². The highest BCUT2D eigenvalue weighted by Crippen LogP contribution is 2.30. The van der Waals surface area contributed by atoms with Crippen LogP contribution in [0.25, 0.3) is 5.70 Å². The van der Waals surface area contributed by atoms with Crippen LogP contribution in [0.5, 0.6) is 0 Å². The van der Waals surface area contributed by atoms with Gasteiger partial charge in [-0.05, 0) is 11.6 Å². The van der Waals surface area contributed by atoms with Gasteiger partial charge in [0.25, 0.3) is 6.43 Å². The molecule has 0 saturated heterocycles. The fourth-order valence-electron chi connectivity index (χ4n) is 2.12. The van der Waals surface area contributed by atoms with Crippen LogP contribution in [0.2, 0.25) is 0 Å². The first-order valence-corrected chi connectivity index (χ1v) is 6.26. The molecule has 2 rings (SSSR count). The van der Waals surface area contributed by atoms with Crippen molar-refractivity contribution in [3.8, 4) is 0 Å². The third-order valence-electron chi connectivity index (χ3n) is 3.23. The lowest BCUT2D eigenvalue weighted by Crippen LogP contribution is -2.28. The van der Waals surface area contributed by atoms with Gasteiger partial charge in [0, 0.05) is 49.4 Å².